The van der Waals surface area contributed by atoms with Gasteiger partial charge in [-0.05, 0) is 43.7 Å². The normalized spacial score (nSPS) is 15.7. The first-order chi connectivity index (χ1) is 12.8. The van der Waals surface area contributed by atoms with Gasteiger partial charge in [-0.2, -0.15) is 0 Å². The van der Waals surface area contributed by atoms with Crippen molar-refractivity contribution in [1.82, 2.24) is 0 Å². The minimum atomic E-state index is -0.567. The van der Waals surface area contributed by atoms with Crippen molar-refractivity contribution < 1.29 is 14.3 Å². The summed E-state index contributed by atoms with van der Waals surface area (Å²) in [6.07, 6.45) is 1.70. The maximum atomic E-state index is 13.2. The predicted molar refractivity (Wildman–Crippen MR) is 108 cm³/mol. The maximum absolute atomic E-state index is 13.2. The lowest BCUT2D eigenvalue weighted by Crippen LogP contribution is -2.24. The van der Waals surface area contributed by atoms with Gasteiger partial charge in [0.2, 0.25) is 0 Å². The minimum Gasteiger partial charge on any atom is -0.465 e. The summed E-state index contributed by atoms with van der Waals surface area (Å²) in [7, 11) is 1.29. The van der Waals surface area contributed by atoms with E-state index in [9.17, 15) is 9.59 Å². The SMILES string of the molecule is COC(=O)C1=C(C)N(c2ccc(Cl)c(Cl)c2)C(=O)/C1=C\c1cccc(C)c1. The van der Waals surface area contributed by atoms with E-state index < -0.39 is 5.97 Å². The van der Waals surface area contributed by atoms with Crippen LogP contribution in [-0.4, -0.2) is 19.0 Å². The van der Waals surface area contributed by atoms with Crippen molar-refractivity contribution in [1.29, 1.82) is 0 Å². The smallest absolute Gasteiger partial charge is 0.340 e. The Bertz CT molecular complexity index is 1010. The molecular formula is C21H17Cl2NO3. The number of benzene rings is 2. The molecule has 0 spiro atoms. The molecule has 1 heterocycles. The largest absolute Gasteiger partial charge is 0.465 e. The third-order valence-electron chi connectivity index (χ3n) is 4.30. The first-order valence-electron chi connectivity index (χ1n) is 8.21. The Morgan fingerprint density at radius 3 is 2.44 bits per heavy atom. The standard InChI is InChI=1S/C21H17Cl2NO3/c1-12-5-4-6-14(9-12)10-16-19(21(26)27-3)13(2)24(20(16)25)15-7-8-17(22)18(23)11-15/h4-11H,1-3H3/b16-10-. The number of hydrogen-bond acceptors (Lipinski definition) is 3. The summed E-state index contributed by atoms with van der Waals surface area (Å²) in [6, 6.07) is 12.6. The molecule has 0 fully saturated rings. The highest BCUT2D eigenvalue weighted by molar-refractivity contribution is 6.42. The number of hydrogen-bond donors (Lipinski definition) is 0. The number of aryl methyl sites for hydroxylation is 1. The maximum Gasteiger partial charge on any atom is 0.340 e. The summed E-state index contributed by atoms with van der Waals surface area (Å²) in [5.74, 6) is -0.893. The fraction of sp³-hybridized carbons (Fsp3) is 0.143. The van der Waals surface area contributed by atoms with Gasteiger partial charge in [-0.25, -0.2) is 4.79 Å². The van der Waals surface area contributed by atoms with Crippen LogP contribution in [0.3, 0.4) is 0 Å². The number of allylic oxidation sites excluding steroid dienone is 1. The number of halogens is 2. The van der Waals surface area contributed by atoms with Crippen molar-refractivity contribution in [2.45, 2.75) is 13.8 Å². The van der Waals surface area contributed by atoms with Crippen molar-refractivity contribution in [2.24, 2.45) is 0 Å². The van der Waals surface area contributed by atoms with Crippen LogP contribution in [-0.2, 0) is 14.3 Å². The number of esters is 1. The molecule has 0 saturated carbocycles. The molecule has 2 aromatic rings. The number of methoxy groups -OCH3 is 1. The van der Waals surface area contributed by atoms with Gasteiger partial charge >= 0.3 is 5.97 Å². The van der Waals surface area contributed by atoms with Crippen molar-refractivity contribution >= 4 is 46.8 Å². The molecule has 1 aliphatic rings. The zero-order chi connectivity index (χ0) is 19.7. The van der Waals surface area contributed by atoms with Gasteiger partial charge < -0.3 is 4.74 Å². The van der Waals surface area contributed by atoms with Gasteiger partial charge in [0, 0.05) is 5.70 Å². The van der Waals surface area contributed by atoms with E-state index in [1.54, 1.807) is 31.2 Å². The molecule has 0 bridgehead atoms. The highest BCUT2D eigenvalue weighted by Gasteiger charge is 2.38. The van der Waals surface area contributed by atoms with Gasteiger partial charge in [0.05, 0.1) is 34.0 Å². The first-order valence-corrected chi connectivity index (χ1v) is 8.96. The fourth-order valence-electron chi connectivity index (χ4n) is 3.04. The molecule has 138 valence electrons. The van der Waals surface area contributed by atoms with Crippen molar-refractivity contribution in [3.63, 3.8) is 0 Å². The van der Waals surface area contributed by atoms with E-state index in [1.807, 2.05) is 31.2 Å². The Morgan fingerprint density at radius 2 is 1.81 bits per heavy atom. The van der Waals surface area contributed by atoms with Crippen LogP contribution in [0.2, 0.25) is 10.0 Å². The van der Waals surface area contributed by atoms with Gasteiger partial charge in [-0.15, -0.1) is 0 Å². The number of nitrogens with zero attached hydrogens (tertiary/aromatic N) is 1. The number of anilines is 1. The monoisotopic (exact) mass is 401 g/mol. The highest BCUT2D eigenvalue weighted by Crippen LogP contribution is 2.37. The number of amides is 1. The second-order valence-electron chi connectivity index (χ2n) is 6.16. The predicted octanol–water partition coefficient (Wildman–Crippen LogP) is 5.18. The van der Waals surface area contributed by atoms with Crippen LogP contribution in [0, 0.1) is 6.92 Å². The van der Waals surface area contributed by atoms with Crippen molar-refractivity contribution in [3.8, 4) is 0 Å². The van der Waals surface area contributed by atoms with E-state index in [1.165, 1.54) is 12.0 Å². The Kier molecular flexibility index (Phi) is 5.40. The molecule has 0 unspecified atom stereocenters. The molecule has 6 heteroatoms. The van der Waals surface area contributed by atoms with Crippen molar-refractivity contribution in [3.05, 3.63) is 80.5 Å². The molecule has 0 aromatic heterocycles. The fourth-order valence-corrected chi connectivity index (χ4v) is 3.33. The molecule has 0 atom stereocenters. The second kappa shape index (κ2) is 7.59. The average molecular weight is 402 g/mol. The van der Waals surface area contributed by atoms with Crippen LogP contribution >= 0.6 is 23.2 Å². The van der Waals surface area contributed by atoms with E-state index in [0.717, 1.165) is 11.1 Å². The number of carbonyl (C=O) groups excluding carboxylic acids is 2. The minimum absolute atomic E-state index is 0.232. The summed E-state index contributed by atoms with van der Waals surface area (Å²) >= 11 is 12.1. The Morgan fingerprint density at radius 1 is 1.07 bits per heavy atom. The van der Waals surface area contributed by atoms with Crippen LogP contribution in [0.1, 0.15) is 18.1 Å². The molecule has 3 rings (SSSR count). The van der Waals surface area contributed by atoms with Gasteiger partial charge in [0.1, 0.15) is 0 Å². The molecule has 0 radical (unpaired) electrons. The average Bonchev–Trinajstić information content (AvgIpc) is 2.87. The zero-order valence-electron chi connectivity index (χ0n) is 15.0. The second-order valence-corrected chi connectivity index (χ2v) is 6.98. The van der Waals surface area contributed by atoms with E-state index in [2.05, 4.69) is 0 Å². The van der Waals surface area contributed by atoms with E-state index in [0.29, 0.717) is 21.4 Å². The van der Waals surface area contributed by atoms with E-state index in [4.69, 9.17) is 27.9 Å². The molecule has 0 saturated heterocycles. The Hall–Kier alpha value is -2.56. The number of ether oxygens (including phenoxy) is 1. The van der Waals surface area contributed by atoms with E-state index in [-0.39, 0.29) is 17.1 Å². The van der Waals surface area contributed by atoms with Crippen molar-refractivity contribution in [2.75, 3.05) is 12.0 Å². The topological polar surface area (TPSA) is 46.6 Å². The summed E-state index contributed by atoms with van der Waals surface area (Å²) < 4.78 is 4.91. The van der Waals surface area contributed by atoms with Crippen LogP contribution in [0.25, 0.3) is 6.08 Å². The van der Waals surface area contributed by atoms with Crippen LogP contribution in [0.4, 0.5) is 5.69 Å². The number of carbonyl (C=O) groups is 2. The highest BCUT2D eigenvalue weighted by atomic mass is 35.5. The van der Waals surface area contributed by atoms with Crippen LogP contribution in [0.15, 0.2) is 59.3 Å². The molecule has 0 aliphatic carbocycles. The molecule has 27 heavy (non-hydrogen) atoms. The first kappa shape index (κ1) is 19.2. The third-order valence-corrected chi connectivity index (χ3v) is 5.04. The molecule has 1 amide bonds. The summed E-state index contributed by atoms with van der Waals surface area (Å²) in [6.45, 7) is 3.66. The molecule has 1 aliphatic heterocycles. The molecule has 0 N–H and O–H groups in total. The quantitative estimate of drug-likeness (QED) is 0.525. The van der Waals surface area contributed by atoms with Crippen LogP contribution < -0.4 is 4.90 Å². The van der Waals surface area contributed by atoms with E-state index >= 15 is 0 Å². The lowest BCUT2D eigenvalue weighted by molar-refractivity contribution is -0.136. The summed E-state index contributed by atoms with van der Waals surface area (Å²) in [5.41, 5.74) is 3.39. The number of rotatable bonds is 3. The van der Waals surface area contributed by atoms with Gasteiger partial charge in [0.15, 0.2) is 0 Å². The third kappa shape index (κ3) is 3.64. The molecule has 2 aromatic carbocycles. The van der Waals surface area contributed by atoms with Gasteiger partial charge in [-0.1, -0.05) is 53.0 Å². The Balaban J connectivity index is 2.15. The Labute approximate surface area is 167 Å². The van der Waals surface area contributed by atoms with Crippen LogP contribution in [0.5, 0.6) is 0 Å². The lowest BCUT2D eigenvalue weighted by Gasteiger charge is -2.18. The lowest BCUT2D eigenvalue weighted by atomic mass is 10.0. The molecular weight excluding hydrogens is 385 g/mol. The van der Waals surface area contributed by atoms with Gasteiger partial charge in [-0.3, -0.25) is 9.69 Å². The summed E-state index contributed by atoms with van der Waals surface area (Å²) in [4.78, 5) is 27.0. The van der Waals surface area contributed by atoms with Gasteiger partial charge in [0.25, 0.3) is 5.91 Å². The molecule has 4 nitrogen and oxygen atoms in total. The zero-order valence-corrected chi connectivity index (χ0v) is 16.6. The summed E-state index contributed by atoms with van der Waals surface area (Å²) in [5, 5.41) is 0.711.